The molecule has 0 radical (unpaired) electrons. The second kappa shape index (κ2) is 6.24. The van der Waals surface area contributed by atoms with Crippen LogP contribution in [0.3, 0.4) is 0 Å². The maximum atomic E-state index is 11.9. The minimum absolute atomic E-state index is 0.0201. The van der Waals surface area contributed by atoms with E-state index in [1.807, 2.05) is 0 Å². The maximum Gasteiger partial charge on any atom is 0.342 e. The first-order chi connectivity index (χ1) is 8.77. The smallest absolute Gasteiger partial charge is 0.342 e. The molecule has 1 N–H and O–H groups in total. The van der Waals surface area contributed by atoms with Crippen LogP contribution in [0.25, 0.3) is 0 Å². The lowest BCUT2D eigenvalue weighted by Gasteiger charge is -2.18. The zero-order valence-corrected chi connectivity index (χ0v) is 10.3. The van der Waals surface area contributed by atoms with Crippen molar-refractivity contribution >= 4 is 5.97 Å². The molecule has 1 aliphatic rings. The van der Waals surface area contributed by atoms with Crippen LogP contribution in [-0.2, 0) is 4.74 Å². The first-order valence-corrected chi connectivity index (χ1v) is 6.41. The van der Waals surface area contributed by atoms with Crippen molar-refractivity contribution < 1.29 is 14.6 Å². The highest BCUT2D eigenvalue weighted by molar-refractivity contribution is 5.92. The third-order valence-corrected chi connectivity index (χ3v) is 3.12. The molecular weight excluding hydrogens is 228 g/mol. The average molecular weight is 246 g/mol. The monoisotopic (exact) mass is 246 g/mol. The molecule has 3 heteroatoms. The first kappa shape index (κ1) is 12.7. The van der Waals surface area contributed by atoms with Gasteiger partial charge in [0.2, 0.25) is 0 Å². The van der Waals surface area contributed by atoms with Crippen LogP contribution in [0, 0.1) is 0 Å². The summed E-state index contributed by atoms with van der Waals surface area (Å²) in [5.41, 5.74) is 0.245. The fourth-order valence-electron chi connectivity index (χ4n) is 2.10. The molecule has 0 saturated carbocycles. The van der Waals surface area contributed by atoms with Crippen LogP contribution in [0.5, 0.6) is 5.75 Å². The van der Waals surface area contributed by atoms with E-state index in [4.69, 9.17) is 4.74 Å². The first-order valence-electron chi connectivity index (χ1n) is 6.41. The van der Waals surface area contributed by atoms with Gasteiger partial charge in [0.1, 0.15) is 17.4 Å². The number of para-hydroxylation sites is 1. The number of carbonyl (C=O) groups is 1. The van der Waals surface area contributed by atoms with Gasteiger partial charge in [0, 0.05) is 0 Å². The minimum atomic E-state index is -0.428. The Morgan fingerprint density at radius 2 is 1.94 bits per heavy atom. The third kappa shape index (κ3) is 3.36. The van der Waals surface area contributed by atoms with Crippen molar-refractivity contribution in [3.05, 3.63) is 42.0 Å². The van der Waals surface area contributed by atoms with Crippen LogP contribution in [0.2, 0.25) is 0 Å². The molecule has 1 atom stereocenters. The van der Waals surface area contributed by atoms with E-state index in [-0.39, 0.29) is 17.4 Å². The molecular formula is C15H18O3. The van der Waals surface area contributed by atoms with E-state index in [9.17, 15) is 9.90 Å². The Morgan fingerprint density at radius 3 is 2.78 bits per heavy atom. The van der Waals surface area contributed by atoms with Gasteiger partial charge in [-0.1, -0.05) is 24.3 Å². The predicted octanol–water partition coefficient (Wildman–Crippen LogP) is 3.44. The lowest BCUT2D eigenvalue weighted by atomic mass is 10.0. The van der Waals surface area contributed by atoms with E-state index >= 15 is 0 Å². The number of rotatable bonds is 2. The van der Waals surface area contributed by atoms with Gasteiger partial charge >= 0.3 is 5.97 Å². The van der Waals surface area contributed by atoms with E-state index in [0.717, 1.165) is 32.1 Å². The number of ether oxygens (including phenoxy) is 1. The van der Waals surface area contributed by atoms with Gasteiger partial charge in [0.25, 0.3) is 0 Å². The van der Waals surface area contributed by atoms with Gasteiger partial charge in [-0.15, -0.1) is 0 Å². The number of allylic oxidation sites excluding steroid dienone is 2. The molecule has 0 spiro atoms. The molecule has 1 unspecified atom stereocenters. The van der Waals surface area contributed by atoms with Crippen molar-refractivity contribution in [2.45, 2.75) is 38.2 Å². The zero-order valence-electron chi connectivity index (χ0n) is 10.3. The normalized spacial score (nSPS) is 19.9. The topological polar surface area (TPSA) is 46.5 Å². The summed E-state index contributed by atoms with van der Waals surface area (Å²) in [5.74, 6) is -0.448. The van der Waals surface area contributed by atoms with Crippen LogP contribution in [-0.4, -0.2) is 17.2 Å². The van der Waals surface area contributed by atoms with E-state index in [1.165, 1.54) is 6.07 Å². The van der Waals surface area contributed by atoms with Crippen LogP contribution >= 0.6 is 0 Å². The number of esters is 1. The molecule has 2 rings (SSSR count). The quantitative estimate of drug-likeness (QED) is 0.642. The van der Waals surface area contributed by atoms with Crippen molar-refractivity contribution in [1.29, 1.82) is 0 Å². The Balaban J connectivity index is 1.98. The second-order valence-corrected chi connectivity index (χ2v) is 4.52. The molecule has 0 fully saturated rings. The molecule has 1 aliphatic carbocycles. The standard InChI is InChI=1S/C15H18O3/c16-14-11-7-6-10-13(14)15(17)18-12-8-4-2-1-3-5-9-12/h1-2,6-7,10-12,16H,3-5,8-9H2. The van der Waals surface area contributed by atoms with Crippen LogP contribution in [0.4, 0.5) is 0 Å². The maximum absolute atomic E-state index is 11.9. The Labute approximate surface area is 107 Å². The number of phenolic OH excluding ortho intramolecular Hbond substituents is 1. The summed E-state index contributed by atoms with van der Waals surface area (Å²) >= 11 is 0. The number of aromatic hydroxyl groups is 1. The van der Waals surface area contributed by atoms with E-state index in [1.54, 1.807) is 18.2 Å². The summed E-state index contributed by atoms with van der Waals surface area (Å²) in [5, 5.41) is 9.60. The Morgan fingerprint density at radius 1 is 1.17 bits per heavy atom. The summed E-state index contributed by atoms with van der Waals surface area (Å²) in [6.45, 7) is 0. The molecule has 1 aromatic rings. The molecule has 0 aliphatic heterocycles. The van der Waals surface area contributed by atoms with Gasteiger partial charge in [-0.05, 0) is 44.2 Å². The van der Waals surface area contributed by atoms with Crippen LogP contribution in [0.15, 0.2) is 36.4 Å². The summed E-state index contributed by atoms with van der Waals surface area (Å²) in [6, 6.07) is 6.49. The van der Waals surface area contributed by atoms with Crippen LogP contribution in [0.1, 0.15) is 42.5 Å². The average Bonchev–Trinajstić information content (AvgIpc) is 2.33. The Hall–Kier alpha value is -1.77. The number of phenols is 1. The van der Waals surface area contributed by atoms with Gasteiger partial charge in [0.15, 0.2) is 0 Å². The summed E-state index contributed by atoms with van der Waals surface area (Å²) in [4.78, 5) is 11.9. The Bertz CT molecular complexity index is 437. The van der Waals surface area contributed by atoms with E-state index in [2.05, 4.69) is 12.2 Å². The van der Waals surface area contributed by atoms with E-state index < -0.39 is 5.97 Å². The fourth-order valence-corrected chi connectivity index (χ4v) is 2.10. The molecule has 0 saturated heterocycles. The van der Waals surface area contributed by atoms with Crippen molar-refractivity contribution in [1.82, 2.24) is 0 Å². The molecule has 1 aromatic carbocycles. The second-order valence-electron chi connectivity index (χ2n) is 4.52. The lowest BCUT2D eigenvalue weighted by molar-refractivity contribution is 0.0254. The highest BCUT2D eigenvalue weighted by atomic mass is 16.5. The number of carbonyl (C=O) groups excluding carboxylic acids is 1. The van der Waals surface area contributed by atoms with Crippen molar-refractivity contribution in [3.63, 3.8) is 0 Å². The van der Waals surface area contributed by atoms with Crippen molar-refractivity contribution in [3.8, 4) is 5.75 Å². The number of benzene rings is 1. The van der Waals surface area contributed by atoms with Gasteiger partial charge < -0.3 is 9.84 Å². The predicted molar refractivity (Wildman–Crippen MR) is 69.5 cm³/mol. The summed E-state index contributed by atoms with van der Waals surface area (Å²) in [6.07, 6.45) is 9.06. The summed E-state index contributed by atoms with van der Waals surface area (Å²) in [7, 11) is 0. The molecule has 0 amide bonds. The summed E-state index contributed by atoms with van der Waals surface area (Å²) < 4.78 is 5.46. The Kier molecular flexibility index (Phi) is 4.40. The van der Waals surface area contributed by atoms with Gasteiger partial charge in [-0.2, -0.15) is 0 Å². The molecule has 0 aromatic heterocycles. The van der Waals surface area contributed by atoms with Crippen molar-refractivity contribution in [2.24, 2.45) is 0 Å². The zero-order chi connectivity index (χ0) is 12.8. The van der Waals surface area contributed by atoms with Crippen LogP contribution < -0.4 is 0 Å². The van der Waals surface area contributed by atoms with Crippen molar-refractivity contribution in [2.75, 3.05) is 0 Å². The van der Waals surface area contributed by atoms with Gasteiger partial charge in [-0.3, -0.25) is 0 Å². The molecule has 3 nitrogen and oxygen atoms in total. The number of hydrogen-bond donors (Lipinski definition) is 1. The van der Waals surface area contributed by atoms with Gasteiger partial charge in [0.05, 0.1) is 0 Å². The molecule has 96 valence electrons. The fraction of sp³-hybridized carbons (Fsp3) is 0.400. The largest absolute Gasteiger partial charge is 0.507 e. The van der Waals surface area contributed by atoms with Gasteiger partial charge in [-0.25, -0.2) is 4.79 Å². The third-order valence-electron chi connectivity index (χ3n) is 3.12. The molecule has 18 heavy (non-hydrogen) atoms. The van der Waals surface area contributed by atoms with E-state index in [0.29, 0.717) is 0 Å². The highest BCUT2D eigenvalue weighted by Crippen LogP contribution is 2.21. The SMILES string of the molecule is O=C(OC1CCC=CCCC1)c1ccccc1O. The number of hydrogen-bond acceptors (Lipinski definition) is 3. The highest BCUT2D eigenvalue weighted by Gasteiger charge is 2.18. The molecule has 0 bridgehead atoms. The lowest BCUT2D eigenvalue weighted by Crippen LogP contribution is -2.19. The minimum Gasteiger partial charge on any atom is -0.507 e. The molecule has 0 heterocycles.